The molecule has 1 unspecified atom stereocenters. The number of carboxylic acids is 1. The Hall–Kier alpha value is -2.16. The van der Waals surface area contributed by atoms with E-state index in [1.165, 1.54) is 0 Å². The van der Waals surface area contributed by atoms with Crippen molar-refractivity contribution in [1.29, 1.82) is 0 Å². The van der Waals surface area contributed by atoms with Gasteiger partial charge in [0.05, 0.1) is 0 Å². The van der Waals surface area contributed by atoms with E-state index in [2.05, 4.69) is 28.6 Å². The number of benzene rings is 2. The third-order valence-electron chi connectivity index (χ3n) is 5.40. The van der Waals surface area contributed by atoms with Crippen LogP contribution in [0.3, 0.4) is 0 Å². The summed E-state index contributed by atoms with van der Waals surface area (Å²) in [5.74, 6) is -0.744. The van der Waals surface area contributed by atoms with E-state index in [4.69, 9.17) is 0 Å². The SMILES string of the molecule is CSCC[C@H](NC(=O)c1ccc(NCC2NCC[C@H]2S)cc1-c1ccccc1)C(=O)O. The quantitative estimate of drug-likeness (QED) is 0.350. The van der Waals surface area contributed by atoms with Gasteiger partial charge >= 0.3 is 5.97 Å². The highest BCUT2D eigenvalue weighted by molar-refractivity contribution is 7.98. The van der Waals surface area contributed by atoms with Crippen molar-refractivity contribution in [3.05, 3.63) is 54.1 Å². The molecular weight excluding hydrogens is 430 g/mol. The van der Waals surface area contributed by atoms with Gasteiger partial charge in [0.1, 0.15) is 6.04 Å². The van der Waals surface area contributed by atoms with Gasteiger partial charge in [0.2, 0.25) is 0 Å². The molecule has 6 nitrogen and oxygen atoms in total. The van der Waals surface area contributed by atoms with Crippen LogP contribution >= 0.6 is 24.4 Å². The first kappa shape index (κ1) is 23.5. The summed E-state index contributed by atoms with van der Waals surface area (Å²) in [6.07, 6.45) is 3.34. The molecule has 166 valence electrons. The summed E-state index contributed by atoms with van der Waals surface area (Å²) in [4.78, 5) is 24.6. The van der Waals surface area contributed by atoms with Gasteiger partial charge in [-0.1, -0.05) is 30.3 Å². The van der Waals surface area contributed by atoms with Crippen molar-refractivity contribution in [3.8, 4) is 11.1 Å². The highest BCUT2D eigenvalue weighted by Gasteiger charge is 2.24. The minimum absolute atomic E-state index is 0.291. The van der Waals surface area contributed by atoms with Crippen LogP contribution in [0.5, 0.6) is 0 Å². The second kappa shape index (κ2) is 11.5. The van der Waals surface area contributed by atoms with E-state index in [-0.39, 0.29) is 5.91 Å². The third-order valence-corrected chi connectivity index (χ3v) is 6.66. The fourth-order valence-corrected chi connectivity index (χ4v) is 4.44. The summed E-state index contributed by atoms with van der Waals surface area (Å²) < 4.78 is 0. The lowest BCUT2D eigenvalue weighted by Crippen LogP contribution is -2.41. The summed E-state index contributed by atoms with van der Waals surface area (Å²) in [7, 11) is 0. The van der Waals surface area contributed by atoms with Crippen LogP contribution in [-0.4, -0.2) is 59.4 Å². The van der Waals surface area contributed by atoms with Crippen LogP contribution in [0, 0.1) is 0 Å². The standard InChI is InChI=1S/C23H29N3O3S2/c1-31-12-10-19(23(28)29)26-22(27)17-8-7-16(25-14-20-21(30)9-11-24-20)13-18(17)15-5-3-2-4-6-15/h2-8,13,19-21,24-25,30H,9-12,14H2,1H3,(H,26,27)(H,28,29)/t19-,20?,21+/m0/s1. The number of rotatable bonds is 10. The molecule has 0 spiro atoms. The van der Waals surface area contributed by atoms with Crippen LogP contribution in [-0.2, 0) is 4.79 Å². The minimum atomic E-state index is -1.02. The van der Waals surface area contributed by atoms with E-state index < -0.39 is 12.0 Å². The zero-order valence-corrected chi connectivity index (χ0v) is 19.2. The lowest BCUT2D eigenvalue weighted by molar-refractivity contribution is -0.139. The maximum absolute atomic E-state index is 13.0. The largest absolute Gasteiger partial charge is 0.480 e. The Morgan fingerprint density at radius 1 is 1.26 bits per heavy atom. The van der Waals surface area contributed by atoms with Crippen molar-refractivity contribution in [2.24, 2.45) is 0 Å². The van der Waals surface area contributed by atoms with Gasteiger partial charge in [-0.2, -0.15) is 24.4 Å². The molecule has 0 saturated carbocycles. The van der Waals surface area contributed by atoms with Gasteiger partial charge in [-0.05, 0) is 60.7 Å². The summed E-state index contributed by atoms with van der Waals surface area (Å²) >= 11 is 6.18. The average Bonchev–Trinajstić information content (AvgIpc) is 3.20. The summed E-state index contributed by atoms with van der Waals surface area (Å²) in [5.41, 5.74) is 3.03. The van der Waals surface area contributed by atoms with Gasteiger partial charge in [0, 0.05) is 29.1 Å². The first-order chi connectivity index (χ1) is 15.0. The molecule has 1 aliphatic rings. The van der Waals surface area contributed by atoms with Gasteiger partial charge in [-0.25, -0.2) is 4.79 Å². The highest BCUT2D eigenvalue weighted by atomic mass is 32.2. The van der Waals surface area contributed by atoms with E-state index in [1.54, 1.807) is 17.8 Å². The molecule has 31 heavy (non-hydrogen) atoms. The van der Waals surface area contributed by atoms with Crippen molar-refractivity contribution < 1.29 is 14.7 Å². The maximum atomic E-state index is 13.0. The van der Waals surface area contributed by atoms with E-state index in [0.717, 1.165) is 36.3 Å². The molecule has 3 atom stereocenters. The molecule has 0 aromatic heterocycles. The van der Waals surface area contributed by atoms with Gasteiger partial charge in [0.25, 0.3) is 5.91 Å². The molecule has 2 aromatic carbocycles. The molecule has 0 radical (unpaired) electrons. The second-order valence-electron chi connectivity index (χ2n) is 7.57. The first-order valence-electron chi connectivity index (χ1n) is 10.4. The molecule has 2 aromatic rings. The Morgan fingerprint density at radius 2 is 2.03 bits per heavy atom. The molecule has 1 heterocycles. The topological polar surface area (TPSA) is 90.5 Å². The van der Waals surface area contributed by atoms with Crippen molar-refractivity contribution in [1.82, 2.24) is 10.6 Å². The number of hydrogen-bond acceptors (Lipinski definition) is 6. The monoisotopic (exact) mass is 459 g/mol. The van der Waals surface area contributed by atoms with Crippen LogP contribution in [0.15, 0.2) is 48.5 Å². The number of amides is 1. The lowest BCUT2D eigenvalue weighted by Gasteiger charge is -2.19. The number of hydrogen-bond donors (Lipinski definition) is 5. The van der Waals surface area contributed by atoms with Gasteiger partial charge in [-0.3, -0.25) is 4.79 Å². The maximum Gasteiger partial charge on any atom is 0.326 e. The van der Waals surface area contributed by atoms with Crippen molar-refractivity contribution >= 4 is 42.0 Å². The molecule has 4 N–H and O–H groups in total. The van der Waals surface area contributed by atoms with E-state index in [0.29, 0.717) is 29.0 Å². The molecular formula is C23H29N3O3S2. The number of thioether (sulfide) groups is 1. The first-order valence-corrected chi connectivity index (χ1v) is 12.3. The molecule has 1 aliphatic heterocycles. The predicted octanol–water partition coefficient (Wildman–Crippen LogP) is 3.36. The van der Waals surface area contributed by atoms with Crippen LogP contribution in [0.25, 0.3) is 11.1 Å². The van der Waals surface area contributed by atoms with Crippen LogP contribution in [0.1, 0.15) is 23.2 Å². The van der Waals surface area contributed by atoms with Crippen molar-refractivity contribution in [2.75, 3.05) is 30.4 Å². The van der Waals surface area contributed by atoms with Crippen LogP contribution < -0.4 is 16.0 Å². The van der Waals surface area contributed by atoms with Gasteiger partial charge in [0.15, 0.2) is 0 Å². The summed E-state index contributed by atoms with van der Waals surface area (Å²) in [5, 5.41) is 19.4. The fraction of sp³-hybridized carbons (Fsp3) is 0.391. The van der Waals surface area contributed by atoms with Gasteiger partial charge in [-0.15, -0.1) is 0 Å². The molecule has 1 fully saturated rings. The lowest BCUT2D eigenvalue weighted by atomic mass is 9.98. The molecule has 0 bridgehead atoms. The number of anilines is 1. The van der Waals surface area contributed by atoms with Crippen LogP contribution in [0.2, 0.25) is 0 Å². The Bertz CT molecular complexity index is 895. The number of aliphatic carboxylic acids is 1. The zero-order valence-electron chi connectivity index (χ0n) is 17.5. The fourth-order valence-electron chi connectivity index (χ4n) is 3.63. The second-order valence-corrected chi connectivity index (χ2v) is 9.22. The van der Waals surface area contributed by atoms with Crippen molar-refractivity contribution in [2.45, 2.75) is 30.2 Å². The molecule has 0 aliphatic carbocycles. The summed E-state index contributed by atoms with van der Waals surface area (Å²) in [6, 6.07) is 14.6. The highest BCUT2D eigenvalue weighted by Crippen LogP contribution is 2.28. The average molecular weight is 460 g/mol. The van der Waals surface area contributed by atoms with Crippen molar-refractivity contribution in [3.63, 3.8) is 0 Å². The zero-order chi connectivity index (χ0) is 22.2. The van der Waals surface area contributed by atoms with Crippen LogP contribution in [0.4, 0.5) is 5.69 Å². The number of carbonyl (C=O) groups is 2. The van der Waals surface area contributed by atoms with E-state index >= 15 is 0 Å². The smallest absolute Gasteiger partial charge is 0.326 e. The molecule has 1 saturated heterocycles. The number of thiol groups is 1. The van der Waals surface area contributed by atoms with E-state index in [9.17, 15) is 14.7 Å². The summed E-state index contributed by atoms with van der Waals surface area (Å²) in [6.45, 7) is 1.71. The minimum Gasteiger partial charge on any atom is -0.480 e. The number of carbonyl (C=O) groups excluding carboxylic acids is 1. The molecule has 3 rings (SSSR count). The normalized spacial score (nSPS) is 19.0. The Balaban J connectivity index is 1.83. The Kier molecular flexibility index (Phi) is 8.69. The Labute approximate surface area is 193 Å². The predicted molar refractivity (Wildman–Crippen MR) is 131 cm³/mol. The molecule has 8 heteroatoms. The molecule has 1 amide bonds. The number of carboxylic acid groups (broad SMARTS) is 1. The van der Waals surface area contributed by atoms with E-state index in [1.807, 2.05) is 48.7 Å². The Morgan fingerprint density at radius 3 is 2.68 bits per heavy atom. The van der Waals surface area contributed by atoms with Gasteiger partial charge < -0.3 is 21.1 Å². The number of nitrogens with one attached hydrogen (secondary N) is 3. The third kappa shape index (κ3) is 6.41.